The molecule has 0 bridgehead atoms. The number of allylic oxidation sites excluding steroid dienone is 1. The summed E-state index contributed by atoms with van der Waals surface area (Å²) in [5, 5.41) is 1.05. The van der Waals surface area contributed by atoms with Crippen molar-refractivity contribution in [1.29, 1.82) is 0 Å². The van der Waals surface area contributed by atoms with Crippen molar-refractivity contribution >= 4 is 34.3 Å². The molecular formula is C31H31N3O5S. The van der Waals surface area contributed by atoms with Gasteiger partial charge in [-0.2, -0.15) is 0 Å². The summed E-state index contributed by atoms with van der Waals surface area (Å²) in [6, 6.07) is 12.8. The lowest BCUT2D eigenvalue weighted by molar-refractivity contribution is -0.136. The van der Waals surface area contributed by atoms with Crippen LogP contribution in [0.15, 0.2) is 76.7 Å². The largest absolute Gasteiger partial charge is 0.490 e. The number of aromatic nitrogens is 2. The molecule has 5 rings (SSSR count). The highest BCUT2D eigenvalue weighted by Gasteiger charge is 2.31. The first-order valence-electron chi connectivity index (χ1n) is 13.1. The maximum Gasteiger partial charge on any atom is 0.337 e. The van der Waals surface area contributed by atoms with E-state index in [0.29, 0.717) is 46.2 Å². The Hall–Kier alpha value is -4.37. The number of para-hydroxylation sites is 1. The van der Waals surface area contributed by atoms with E-state index in [1.807, 2.05) is 57.2 Å². The zero-order chi connectivity index (χ0) is 28.4. The molecule has 3 heterocycles. The molecule has 0 amide bonds. The third-order valence-electron chi connectivity index (χ3n) is 6.87. The average molecular weight is 558 g/mol. The average Bonchev–Trinajstić information content (AvgIpc) is 3.42. The zero-order valence-electron chi connectivity index (χ0n) is 23.0. The van der Waals surface area contributed by atoms with Crippen LogP contribution >= 0.6 is 11.3 Å². The summed E-state index contributed by atoms with van der Waals surface area (Å²) < 4.78 is 20.9. The molecule has 0 unspecified atom stereocenters. The van der Waals surface area contributed by atoms with Crippen molar-refractivity contribution in [3.63, 3.8) is 0 Å². The second kappa shape index (κ2) is 11.4. The van der Waals surface area contributed by atoms with Crippen LogP contribution in [0.3, 0.4) is 0 Å². The van der Waals surface area contributed by atoms with Crippen LogP contribution in [0.4, 0.5) is 0 Å². The minimum atomic E-state index is -0.746. The van der Waals surface area contributed by atoms with Gasteiger partial charge < -0.3 is 18.8 Å². The van der Waals surface area contributed by atoms with E-state index in [1.165, 1.54) is 24.6 Å². The van der Waals surface area contributed by atoms with Gasteiger partial charge in [0.15, 0.2) is 16.3 Å². The highest BCUT2D eigenvalue weighted by Crippen LogP contribution is 2.35. The minimum Gasteiger partial charge on any atom is -0.490 e. The Morgan fingerprint density at radius 3 is 2.60 bits per heavy atom. The van der Waals surface area contributed by atoms with Gasteiger partial charge in [-0.3, -0.25) is 9.36 Å². The Kier molecular flexibility index (Phi) is 7.75. The number of nitrogens with zero attached hydrogens (tertiary/aromatic N) is 3. The number of carbonyl (C=O) groups is 1. The van der Waals surface area contributed by atoms with E-state index in [1.54, 1.807) is 10.6 Å². The number of thiazole rings is 1. The molecule has 8 nitrogen and oxygen atoms in total. The third kappa shape index (κ3) is 4.66. The summed E-state index contributed by atoms with van der Waals surface area (Å²) in [6.45, 7) is 11.3. The van der Waals surface area contributed by atoms with Crippen molar-refractivity contribution in [1.82, 2.24) is 9.13 Å². The Balaban J connectivity index is 1.72. The number of carbonyl (C=O) groups excluding carboxylic acids is 1. The molecule has 1 atom stereocenters. The predicted molar refractivity (Wildman–Crippen MR) is 157 cm³/mol. The normalized spacial score (nSPS) is 14.8. The molecule has 0 aliphatic carbocycles. The maximum absolute atomic E-state index is 14.0. The number of esters is 1. The molecule has 0 N–H and O–H groups in total. The highest BCUT2D eigenvalue weighted by atomic mass is 32.1. The van der Waals surface area contributed by atoms with E-state index in [2.05, 4.69) is 28.3 Å². The van der Waals surface area contributed by atoms with Crippen LogP contribution in [0.5, 0.6) is 11.5 Å². The van der Waals surface area contributed by atoms with Crippen molar-refractivity contribution in [3.05, 3.63) is 103 Å². The van der Waals surface area contributed by atoms with Crippen LogP contribution in [0.1, 0.15) is 36.7 Å². The molecule has 0 saturated carbocycles. The summed E-state index contributed by atoms with van der Waals surface area (Å²) in [4.78, 5) is 31.9. The van der Waals surface area contributed by atoms with Gasteiger partial charge in [0.2, 0.25) is 0 Å². The molecule has 1 aliphatic heterocycles. The van der Waals surface area contributed by atoms with Crippen molar-refractivity contribution in [2.75, 3.05) is 20.3 Å². The van der Waals surface area contributed by atoms with Crippen LogP contribution in [-0.4, -0.2) is 35.4 Å². The third-order valence-corrected chi connectivity index (χ3v) is 7.87. The number of benzene rings is 2. The fourth-order valence-electron chi connectivity index (χ4n) is 5.12. The molecule has 2 aromatic carbocycles. The summed E-state index contributed by atoms with van der Waals surface area (Å²) in [5.74, 6) is 0.574. The predicted octanol–water partition coefficient (Wildman–Crippen LogP) is 4.26. The second-order valence-corrected chi connectivity index (χ2v) is 10.2. The van der Waals surface area contributed by atoms with E-state index in [4.69, 9.17) is 14.2 Å². The van der Waals surface area contributed by atoms with Crippen LogP contribution in [0.25, 0.3) is 17.0 Å². The first-order chi connectivity index (χ1) is 19.4. The van der Waals surface area contributed by atoms with Crippen LogP contribution in [0, 0.1) is 6.92 Å². The van der Waals surface area contributed by atoms with Gasteiger partial charge in [0.1, 0.15) is 0 Å². The van der Waals surface area contributed by atoms with E-state index >= 15 is 0 Å². The van der Waals surface area contributed by atoms with Gasteiger partial charge in [-0.1, -0.05) is 41.7 Å². The quantitative estimate of drug-likeness (QED) is 0.227. The number of fused-ring (bicyclic) bond motifs is 2. The van der Waals surface area contributed by atoms with Crippen molar-refractivity contribution in [3.8, 4) is 11.5 Å². The van der Waals surface area contributed by atoms with Crippen molar-refractivity contribution in [2.24, 2.45) is 4.99 Å². The van der Waals surface area contributed by atoms with E-state index in [0.717, 1.165) is 22.2 Å². The van der Waals surface area contributed by atoms with Gasteiger partial charge in [-0.25, -0.2) is 9.79 Å². The van der Waals surface area contributed by atoms with Gasteiger partial charge in [0, 0.05) is 34.9 Å². The summed E-state index contributed by atoms with van der Waals surface area (Å²) in [5.41, 5.74) is 3.77. The smallest absolute Gasteiger partial charge is 0.337 e. The first kappa shape index (κ1) is 27.2. The summed E-state index contributed by atoms with van der Waals surface area (Å²) in [6.07, 6.45) is 5.27. The number of rotatable bonds is 9. The van der Waals surface area contributed by atoms with Gasteiger partial charge in [0.25, 0.3) is 5.56 Å². The van der Waals surface area contributed by atoms with Crippen LogP contribution in [0.2, 0.25) is 0 Å². The lowest BCUT2D eigenvalue weighted by Crippen LogP contribution is -2.39. The molecule has 206 valence electrons. The fraction of sp³-hybridized carbons (Fsp3) is 0.258. The molecule has 40 heavy (non-hydrogen) atoms. The monoisotopic (exact) mass is 557 g/mol. The SMILES string of the molecule is C=CCn1c(C)c(/C=c2\sc3n(c2=O)[C@H](c2ccc(OCC)c(OCC)c2)C(C(=O)OC)=CN=3)c2ccccc21. The highest BCUT2D eigenvalue weighted by molar-refractivity contribution is 7.07. The van der Waals surface area contributed by atoms with Gasteiger partial charge in [-0.05, 0) is 50.6 Å². The molecule has 0 fully saturated rings. The molecule has 2 aromatic heterocycles. The molecule has 9 heteroatoms. The van der Waals surface area contributed by atoms with E-state index in [9.17, 15) is 9.59 Å². The maximum atomic E-state index is 14.0. The molecule has 0 saturated heterocycles. The molecule has 0 radical (unpaired) electrons. The zero-order valence-corrected chi connectivity index (χ0v) is 23.8. The fourth-order valence-corrected chi connectivity index (χ4v) is 6.07. The van der Waals surface area contributed by atoms with Crippen LogP contribution in [-0.2, 0) is 16.1 Å². The molecule has 1 aliphatic rings. The lowest BCUT2D eigenvalue weighted by Gasteiger charge is -2.23. The first-order valence-corrected chi connectivity index (χ1v) is 13.9. The van der Waals surface area contributed by atoms with Gasteiger partial charge in [0.05, 0.1) is 36.5 Å². The second-order valence-electron chi connectivity index (χ2n) is 9.16. The summed E-state index contributed by atoms with van der Waals surface area (Å²) >= 11 is 1.29. The Morgan fingerprint density at radius 2 is 1.88 bits per heavy atom. The Morgan fingerprint density at radius 1 is 1.12 bits per heavy atom. The molecule has 0 spiro atoms. The van der Waals surface area contributed by atoms with Gasteiger partial charge >= 0.3 is 5.97 Å². The Bertz CT molecular complexity index is 1830. The molecule has 4 aromatic rings. The number of ether oxygens (including phenoxy) is 3. The number of hydrogen-bond donors (Lipinski definition) is 0. The lowest BCUT2D eigenvalue weighted by atomic mass is 9.97. The van der Waals surface area contributed by atoms with E-state index < -0.39 is 12.0 Å². The van der Waals surface area contributed by atoms with Crippen LogP contribution < -0.4 is 24.4 Å². The number of methoxy groups -OCH3 is 1. The van der Waals surface area contributed by atoms with Crippen molar-refractivity contribution in [2.45, 2.75) is 33.4 Å². The van der Waals surface area contributed by atoms with Gasteiger partial charge in [-0.15, -0.1) is 6.58 Å². The standard InChI is InChI=1S/C31H31N3O5S/c1-6-15-33-19(4)22(21-11-9-10-12-24(21)33)17-27-29(35)34-28(23(30(36)37-5)18-32-31(34)40-27)20-13-14-25(38-7-2)26(16-20)39-8-3/h6,9-14,16-18,28H,1,7-8,15H2,2-5H3/b27-17-/t28-/m1/s1. The Labute approximate surface area is 235 Å². The van der Waals surface area contributed by atoms with E-state index in [-0.39, 0.29) is 11.1 Å². The topological polar surface area (TPSA) is 84.0 Å². The number of hydrogen-bond acceptors (Lipinski definition) is 7. The van der Waals surface area contributed by atoms with Crippen molar-refractivity contribution < 1.29 is 19.0 Å². The molecular weight excluding hydrogens is 526 g/mol. The minimum absolute atomic E-state index is 0.241. The summed E-state index contributed by atoms with van der Waals surface area (Å²) in [7, 11) is 1.32.